The van der Waals surface area contributed by atoms with Crippen molar-refractivity contribution in [1.82, 2.24) is 10.2 Å². The van der Waals surface area contributed by atoms with Crippen molar-refractivity contribution in [2.45, 2.75) is 19.8 Å². The Balaban J connectivity index is 1.76. The fourth-order valence-corrected chi connectivity index (χ4v) is 2.87. The van der Waals surface area contributed by atoms with Gasteiger partial charge in [0.2, 0.25) is 5.91 Å². The fourth-order valence-electron chi connectivity index (χ4n) is 2.87. The van der Waals surface area contributed by atoms with Gasteiger partial charge in [0, 0.05) is 17.8 Å². The van der Waals surface area contributed by atoms with Crippen LogP contribution in [0.2, 0.25) is 0 Å². The number of nitrogens with zero attached hydrogens (tertiary/aromatic N) is 1. The second kappa shape index (κ2) is 11.1. The van der Waals surface area contributed by atoms with Crippen LogP contribution in [0.3, 0.4) is 0 Å². The molecule has 0 aliphatic rings. The largest absolute Gasteiger partial charge is 0.497 e. The quantitative estimate of drug-likeness (QED) is 0.662. The van der Waals surface area contributed by atoms with Crippen LogP contribution in [0.4, 0.5) is 5.69 Å². The van der Waals surface area contributed by atoms with Gasteiger partial charge in [-0.3, -0.25) is 14.5 Å². The van der Waals surface area contributed by atoms with Gasteiger partial charge in [-0.2, -0.15) is 0 Å². The minimum Gasteiger partial charge on any atom is -0.497 e. The van der Waals surface area contributed by atoms with Crippen LogP contribution in [0, 0.1) is 0 Å². The number of methoxy groups -OCH3 is 1. The number of ether oxygens (including phenoxy) is 1. The summed E-state index contributed by atoms with van der Waals surface area (Å²) in [6, 6.07) is 15.0. The fraction of sp³-hybridized carbons (Fsp3) is 0.364. The minimum atomic E-state index is -0.144. The average Bonchev–Trinajstić information content (AvgIpc) is 2.68. The van der Waals surface area contributed by atoms with Crippen molar-refractivity contribution in [2.75, 3.05) is 39.1 Å². The predicted octanol–water partition coefficient (Wildman–Crippen LogP) is 2.95. The minimum absolute atomic E-state index is 0.0972. The van der Waals surface area contributed by atoms with Crippen molar-refractivity contribution >= 4 is 17.5 Å². The standard InChI is InChI=1S/C22H29N3O3/c1-4-23-22(27)18-8-5-9-19(15-18)24-21(26)16-25(2)14-6-7-17-10-12-20(28-3)13-11-17/h5,8-13,15H,4,6-7,14,16H2,1-3H3,(H,23,27)(H,24,26). The molecule has 2 N–H and O–H groups in total. The molecule has 0 aliphatic heterocycles. The van der Waals surface area contributed by atoms with Gasteiger partial charge in [-0.25, -0.2) is 0 Å². The molecular weight excluding hydrogens is 354 g/mol. The van der Waals surface area contributed by atoms with E-state index in [4.69, 9.17) is 4.74 Å². The zero-order chi connectivity index (χ0) is 20.4. The van der Waals surface area contributed by atoms with E-state index in [9.17, 15) is 9.59 Å². The highest BCUT2D eigenvalue weighted by Crippen LogP contribution is 2.13. The third-order valence-corrected chi connectivity index (χ3v) is 4.32. The third kappa shape index (κ3) is 7.04. The summed E-state index contributed by atoms with van der Waals surface area (Å²) in [6.45, 7) is 3.55. The van der Waals surface area contributed by atoms with E-state index in [1.807, 2.05) is 31.0 Å². The number of amides is 2. The number of anilines is 1. The molecule has 2 aromatic carbocycles. The molecule has 0 atom stereocenters. The van der Waals surface area contributed by atoms with Gasteiger partial charge in [0.15, 0.2) is 0 Å². The van der Waals surface area contributed by atoms with Crippen LogP contribution in [-0.4, -0.2) is 50.5 Å². The first kappa shape index (κ1) is 21.4. The van der Waals surface area contributed by atoms with E-state index >= 15 is 0 Å². The smallest absolute Gasteiger partial charge is 0.251 e. The van der Waals surface area contributed by atoms with Crippen LogP contribution >= 0.6 is 0 Å². The number of hydrogen-bond acceptors (Lipinski definition) is 4. The van der Waals surface area contributed by atoms with Crippen LogP contribution in [0.5, 0.6) is 5.75 Å². The number of hydrogen-bond donors (Lipinski definition) is 2. The van der Waals surface area contributed by atoms with Crippen molar-refractivity contribution in [2.24, 2.45) is 0 Å². The molecule has 0 saturated heterocycles. The van der Waals surface area contributed by atoms with Crippen LogP contribution in [0.15, 0.2) is 48.5 Å². The Morgan fingerprint density at radius 1 is 1.11 bits per heavy atom. The number of benzene rings is 2. The third-order valence-electron chi connectivity index (χ3n) is 4.32. The monoisotopic (exact) mass is 383 g/mol. The van der Waals surface area contributed by atoms with Crippen molar-refractivity contribution in [3.05, 3.63) is 59.7 Å². The molecule has 2 aromatic rings. The zero-order valence-electron chi connectivity index (χ0n) is 16.8. The number of aryl methyl sites for hydroxylation is 1. The molecule has 2 amide bonds. The molecule has 2 rings (SSSR count). The maximum atomic E-state index is 12.3. The summed E-state index contributed by atoms with van der Waals surface area (Å²) in [5.41, 5.74) is 2.41. The molecule has 0 aliphatic carbocycles. The molecule has 6 heteroatoms. The van der Waals surface area contributed by atoms with Crippen LogP contribution in [0.1, 0.15) is 29.3 Å². The molecule has 0 saturated carbocycles. The summed E-state index contributed by atoms with van der Waals surface area (Å²) in [5.74, 6) is 0.614. The lowest BCUT2D eigenvalue weighted by Gasteiger charge is -2.16. The number of nitrogens with one attached hydrogen (secondary N) is 2. The second-order valence-electron chi connectivity index (χ2n) is 6.68. The second-order valence-corrected chi connectivity index (χ2v) is 6.68. The number of carbonyl (C=O) groups excluding carboxylic acids is 2. The van der Waals surface area contributed by atoms with Gasteiger partial charge in [-0.15, -0.1) is 0 Å². The van der Waals surface area contributed by atoms with Gasteiger partial charge in [-0.05, 0) is 69.3 Å². The first-order valence-electron chi connectivity index (χ1n) is 9.51. The van der Waals surface area contributed by atoms with E-state index in [-0.39, 0.29) is 11.8 Å². The maximum absolute atomic E-state index is 12.3. The highest BCUT2D eigenvalue weighted by molar-refractivity contribution is 5.97. The molecule has 0 bridgehead atoms. The molecule has 0 fully saturated rings. The summed E-state index contributed by atoms with van der Waals surface area (Å²) in [5, 5.41) is 5.61. The van der Waals surface area contributed by atoms with Gasteiger partial charge in [0.1, 0.15) is 5.75 Å². The summed E-state index contributed by atoms with van der Waals surface area (Å²) in [6.07, 6.45) is 1.91. The Morgan fingerprint density at radius 3 is 2.54 bits per heavy atom. The van der Waals surface area contributed by atoms with Crippen molar-refractivity contribution in [3.8, 4) is 5.75 Å². The molecule has 150 valence electrons. The lowest BCUT2D eigenvalue weighted by atomic mass is 10.1. The zero-order valence-corrected chi connectivity index (χ0v) is 16.8. The summed E-state index contributed by atoms with van der Waals surface area (Å²) < 4.78 is 5.16. The molecule has 0 unspecified atom stereocenters. The van der Waals surface area contributed by atoms with Gasteiger partial charge in [-0.1, -0.05) is 18.2 Å². The Labute approximate surface area is 166 Å². The van der Waals surface area contributed by atoms with Gasteiger partial charge >= 0.3 is 0 Å². The highest BCUT2D eigenvalue weighted by Gasteiger charge is 2.09. The number of rotatable bonds is 10. The summed E-state index contributed by atoms with van der Waals surface area (Å²) in [7, 11) is 3.59. The van der Waals surface area contributed by atoms with Crippen molar-refractivity contribution in [3.63, 3.8) is 0 Å². The van der Waals surface area contributed by atoms with Crippen LogP contribution < -0.4 is 15.4 Å². The Hall–Kier alpha value is -2.86. The van der Waals surface area contributed by atoms with Gasteiger partial charge in [0.25, 0.3) is 5.91 Å². The van der Waals surface area contributed by atoms with E-state index in [1.165, 1.54) is 5.56 Å². The highest BCUT2D eigenvalue weighted by atomic mass is 16.5. The van der Waals surface area contributed by atoms with E-state index in [2.05, 4.69) is 22.8 Å². The Morgan fingerprint density at radius 2 is 1.86 bits per heavy atom. The topological polar surface area (TPSA) is 70.7 Å². The van der Waals surface area contributed by atoms with Gasteiger partial charge in [0.05, 0.1) is 13.7 Å². The van der Waals surface area contributed by atoms with E-state index in [1.54, 1.807) is 31.4 Å². The van der Waals surface area contributed by atoms with Crippen molar-refractivity contribution < 1.29 is 14.3 Å². The van der Waals surface area contributed by atoms with Crippen molar-refractivity contribution in [1.29, 1.82) is 0 Å². The van der Waals surface area contributed by atoms with Crippen LogP contribution in [0.25, 0.3) is 0 Å². The molecule has 0 spiro atoms. The van der Waals surface area contributed by atoms with E-state index in [0.717, 1.165) is 25.1 Å². The summed E-state index contributed by atoms with van der Waals surface area (Å²) in [4.78, 5) is 26.2. The lowest BCUT2D eigenvalue weighted by Crippen LogP contribution is -2.31. The molecule has 0 aromatic heterocycles. The number of carbonyl (C=O) groups is 2. The number of likely N-dealkylation sites (N-methyl/N-ethyl adjacent to an activating group) is 1. The molecule has 28 heavy (non-hydrogen) atoms. The molecule has 6 nitrogen and oxygen atoms in total. The average molecular weight is 383 g/mol. The summed E-state index contributed by atoms with van der Waals surface area (Å²) >= 11 is 0. The Kier molecular flexibility index (Phi) is 8.49. The first-order chi connectivity index (χ1) is 13.5. The predicted molar refractivity (Wildman–Crippen MR) is 112 cm³/mol. The molecule has 0 radical (unpaired) electrons. The van der Waals surface area contributed by atoms with E-state index < -0.39 is 0 Å². The first-order valence-corrected chi connectivity index (χ1v) is 9.51. The normalized spacial score (nSPS) is 10.6. The lowest BCUT2D eigenvalue weighted by molar-refractivity contribution is -0.117. The van der Waals surface area contributed by atoms with E-state index in [0.29, 0.717) is 24.3 Å². The maximum Gasteiger partial charge on any atom is 0.251 e. The molecular formula is C22H29N3O3. The van der Waals surface area contributed by atoms with Gasteiger partial charge < -0.3 is 15.4 Å². The molecule has 0 heterocycles. The SMILES string of the molecule is CCNC(=O)c1cccc(NC(=O)CN(C)CCCc2ccc(OC)cc2)c1. The Bertz CT molecular complexity index is 775. The van der Waals surface area contributed by atoms with Crippen LogP contribution in [-0.2, 0) is 11.2 Å².